The zero-order valence-corrected chi connectivity index (χ0v) is 17.0. The third-order valence-electron chi connectivity index (χ3n) is 4.36. The number of ether oxygens (including phenoxy) is 1. The molecular formula is C21H19ClFNO3S. The predicted octanol–water partition coefficient (Wildman–Crippen LogP) is 5.19. The van der Waals surface area contributed by atoms with E-state index in [1.54, 1.807) is 50.4 Å². The fourth-order valence-corrected chi connectivity index (χ4v) is 4.78. The Bertz CT molecular complexity index is 1090. The van der Waals surface area contributed by atoms with Crippen LogP contribution in [0.1, 0.15) is 11.1 Å². The van der Waals surface area contributed by atoms with E-state index in [1.807, 2.05) is 0 Å². The predicted molar refractivity (Wildman–Crippen MR) is 109 cm³/mol. The van der Waals surface area contributed by atoms with Gasteiger partial charge in [0.05, 0.1) is 24.2 Å². The van der Waals surface area contributed by atoms with E-state index >= 15 is 0 Å². The molecule has 4 nitrogen and oxygen atoms in total. The van der Waals surface area contributed by atoms with Gasteiger partial charge in [-0.2, -0.15) is 0 Å². The topological polar surface area (TPSA) is 46.6 Å². The summed E-state index contributed by atoms with van der Waals surface area (Å²) in [6.45, 7) is 1.71. The lowest BCUT2D eigenvalue weighted by Crippen LogP contribution is -2.31. The molecule has 0 atom stereocenters. The number of anilines is 1. The second-order valence-corrected chi connectivity index (χ2v) is 8.44. The summed E-state index contributed by atoms with van der Waals surface area (Å²) in [5.41, 5.74) is 1.54. The maximum absolute atomic E-state index is 13.5. The number of benzene rings is 3. The van der Waals surface area contributed by atoms with E-state index in [-0.39, 0.29) is 11.4 Å². The molecule has 0 aliphatic rings. The van der Waals surface area contributed by atoms with Gasteiger partial charge < -0.3 is 4.74 Å². The molecule has 0 spiro atoms. The first-order chi connectivity index (χ1) is 13.3. The van der Waals surface area contributed by atoms with Gasteiger partial charge in [-0.05, 0) is 66.6 Å². The summed E-state index contributed by atoms with van der Waals surface area (Å²) in [6.07, 6.45) is 0. The number of methoxy groups -OCH3 is 1. The van der Waals surface area contributed by atoms with Crippen molar-refractivity contribution in [1.82, 2.24) is 0 Å². The number of hydrogen-bond donors (Lipinski definition) is 0. The molecule has 0 fully saturated rings. The summed E-state index contributed by atoms with van der Waals surface area (Å²) in [5.74, 6) is 0.175. The first kappa shape index (κ1) is 20.2. The molecular weight excluding hydrogens is 401 g/mol. The fourth-order valence-electron chi connectivity index (χ4n) is 2.84. The molecule has 146 valence electrons. The van der Waals surface area contributed by atoms with Crippen LogP contribution in [-0.2, 0) is 16.6 Å². The van der Waals surface area contributed by atoms with Gasteiger partial charge >= 0.3 is 0 Å². The van der Waals surface area contributed by atoms with E-state index in [0.717, 1.165) is 5.56 Å². The molecule has 0 aromatic heterocycles. The number of halogens is 2. The van der Waals surface area contributed by atoms with Crippen molar-refractivity contribution < 1.29 is 17.5 Å². The summed E-state index contributed by atoms with van der Waals surface area (Å²) in [7, 11) is -2.41. The monoisotopic (exact) mass is 419 g/mol. The minimum atomic E-state index is -3.95. The quantitative estimate of drug-likeness (QED) is 0.552. The van der Waals surface area contributed by atoms with Crippen LogP contribution >= 0.6 is 11.6 Å². The minimum Gasteiger partial charge on any atom is -0.497 e. The van der Waals surface area contributed by atoms with E-state index in [4.69, 9.17) is 16.3 Å². The van der Waals surface area contributed by atoms with Gasteiger partial charge in [0.15, 0.2) is 0 Å². The summed E-state index contributed by atoms with van der Waals surface area (Å²) >= 11 is 6.14. The lowest BCUT2D eigenvalue weighted by atomic mass is 10.2. The molecule has 0 aliphatic carbocycles. The first-order valence-electron chi connectivity index (χ1n) is 8.49. The van der Waals surface area contributed by atoms with Gasteiger partial charge in [-0.15, -0.1) is 0 Å². The highest BCUT2D eigenvalue weighted by atomic mass is 35.5. The largest absolute Gasteiger partial charge is 0.497 e. The average Bonchev–Trinajstić information content (AvgIpc) is 2.69. The lowest BCUT2D eigenvalue weighted by molar-refractivity contribution is 0.414. The van der Waals surface area contributed by atoms with Crippen LogP contribution in [0.2, 0.25) is 5.02 Å². The van der Waals surface area contributed by atoms with Gasteiger partial charge in [-0.25, -0.2) is 12.8 Å². The molecule has 0 radical (unpaired) electrons. The molecule has 3 aromatic rings. The SMILES string of the molecule is COc1cccc(CN(c2ccc(F)cc2)S(=O)(=O)c2cccc(Cl)c2C)c1. The van der Waals surface area contributed by atoms with Crippen LogP contribution in [0.3, 0.4) is 0 Å². The number of rotatable bonds is 6. The van der Waals surface area contributed by atoms with Crippen molar-refractivity contribution in [3.63, 3.8) is 0 Å². The molecule has 0 bridgehead atoms. The highest BCUT2D eigenvalue weighted by Gasteiger charge is 2.27. The maximum Gasteiger partial charge on any atom is 0.264 e. The zero-order valence-electron chi connectivity index (χ0n) is 15.4. The van der Waals surface area contributed by atoms with Gasteiger partial charge in [0.2, 0.25) is 0 Å². The maximum atomic E-state index is 13.5. The average molecular weight is 420 g/mol. The molecule has 0 N–H and O–H groups in total. The van der Waals surface area contributed by atoms with E-state index in [0.29, 0.717) is 22.0 Å². The van der Waals surface area contributed by atoms with Crippen molar-refractivity contribution in [2.45, 2.75) is 18.4 Å². The Morgan fingerprint density at radius 1 is 1.04 bits per heavy atom. The Morgan fingerprint density at radius 3 is 2.39 bits per heavy atom. The van der Waals surface area contributed by atoms with Crippen molar-refractivity contribution in [2.24, 2.45) is 0 Å². The minimum absolute atomic E-state index is 0.0527. The number of sulfonamides is 1. The summed E-state index contributed by atoms with van der Waals surface area (Å²) in [5, 5.41) is 0.363. The van der Waals surface area contributed by atoms with Crippen LogP contribution in [0.5, 0.6) is 5.75 Å². The molecule has 0 heterocycles. The van der Waals surface area contributed by atoms with E-state index in [2.05, 4.69) is 0 Å². The number of hydrogen-bond acceptors (Lipinski definition) is 3. The zero-order chi connectivity index (χ0) is 20.3. The normalized spacial score (nSPS) is 11.3. The molecule has 28 heavy (non-hydrogen) atoms. The van der Waals surface area contributed by atoms with Gasteiger partial charge in [0.25, 0.3) is 10.0 Å². The highest BCUT2D eigenvalue weighted by Crippen LogP contribution is 2.31. The molecule has 7 heteroatoms. The van der Waals surface area contributed by atoms with Crippen LogP contribution in [0.4, 0.5) is 10.1 Å². The van der Waals surface area contributed by atoms with Crippen molar-refractivity contribution in [3.05, 3.63) is 88.7 Å². The van der Waals surface area contributed by atoms with E-state index in [9.17, 15) is 12.8 Å². The Morgan fingerprint density at radius 2 is 1.71 bits per heavy atom. The second kappa shape index (κ2) is 8.20. The fraction of sp³-hybridized carbons (Fsp3) is 0.143. The Kier molecular flexibility index (Phi) is 5.91. The molecule has 0 unspecified atom stereocenters. The Labute approximate surface area is 169 Å². The molecule has 0 amide bonds. The molecule has 3 aromatic carbocycles. The lowest BCUT2D eigenvalue weighted by Gasteiger charge is -2.26. The van der Waals surface area contributed by atoms with Crippen molar-refractivity contribution >= 4 is 27.3 Å². The third-order valence-corrected chi connectivity index (χ3v) is 6.69. The molecule has 0 saturated carbocycles. The van der Waals surface area contributed by atoms with Crippen LogP contribution in [0, 0.1) is 12.7 Å². The van der Waals surface area contributed by atoms with Crippen LogP contribution < -0.4 is 9.04 Å². The van der Waals surface area contributed by atoms with E-state index < -0.39 is 15.8 Å². The van der Waals surface area contributed by atoms with Gasteiger partial charge in [0.1, 0.15) is 11.6 Å². The summed E-state index contributed by atoms with van der Waals surface area (Å²) in [6, 6.07) is 17.2. The standard InChI is InChI=1S/C21H19ClFNO3S/c1-15-20(22)7-4-8-21(15)28(25,26)24(18-11-9-17(23)10-12-18)14-16-5-3-6-19(13-16)27-2/h3-13H,14H2,1-2H3. The second-order valence-electron chi connectivity index (χ2n) is 6.20. The van der Waals surface area contributed by atoms with Gasteiger partial charge in [0, 0.05) is 5.02 Å². The Balaban J connectivity index is 2.12. The van der Waals surface area contributed by atoms with Crippen LogP contribution in [0.15, 0.2) is 71.6 Å². The van der Waals surface area contributed by atoms with Crippen molar-refractivity contribution in [2.75, 3.05) is 11.4 Å². The van der Waals surface area contributed by atoms with Crippen molar-refractivity contribution in [3.8, 4) is 5.75 Å². The van der Waals surface area contributed by atoms with Crippen LogP contribution in [-0.4, -0.2) is 15.5 Å². The third kappa shape index (κ3) is 4.13. The van der Waals surface area contributed by atoms with Crippen molar-refractivity contribution in [1.29, 1.82) is 0 Å². The smallest absolute Gasteiger partial charge is 0.264 e. The van der Waals surface area contributed by atoms with Gasteiger partial charge in [-0.1, -0.05) is 29.8 Å². The van der Waals surface area contributed by atoms with Crippen LogP contribution in [0.25, 0.3) is 0 Å². The molecule has 0 aliphatic heterocycles. The number of nitrogens with zero attached hydrogens (tertiary/aromatic N) is 1. The molecule has 0 saturated heterocycles. The molecule has 3 rings (SSSR count). The summed E-state index contributed by atoms with van der Waals surface area (Å²) < 4.78 is 46.9. The summed E-state index contributed by atoms with van der Waals surface area (Å²) in [4.78, 5) is 0.104. The highest BCUT2D eigenvalue weighted by molar-refractivity contribution is 7.92. The first-order valence-corrected chi connectivity index (χ1v) is 10.3. The Hall–Kier alpha value is -2.57. The van der Waals surface area contributed by atoms with E-state index in [1.165, 1.54) is 34.6 Å². The van der Waals surface area contributed by atoms with Gasteiger partial charge in [-0.3, -0.25) is 4.31 Å².